The molecule has 3 rings (SSSR count). The number of rotatable bonds is 5. The molecule has 8 nitrogen and oxygen atoms in total. The molecule has 0 aliphatic rings. The predicted octanol–water partition coefficient (Wildman–Crippen LogP) is 3.22. The summed E-state index contributed by atoms with van der Waals surface area (Å²) in [6.45, 7) is 3.13. The molecule has 0 aromatic carbocycles. The quantitative estimate of drug-likeness (QED) is 0.586. The van der Waals surface area contributed by atoms with Gasteiger partial charge < -0.3 is 9.47 Å². The molecule has 0 radical (unpaired) electrons. The number of imidazole rings is 1. The van der Waals surface area contributed by atoms with Crippen LogP contribution in [0.5, 0.6) is 0 Å². The summed E-state index contributed by atoms with van der Waals surface area (Å²) in [5.41, 5.74) is -0.553. The van der Waals surface area contributed by atoms with Crippen LogP contribution in [0.15, 0.2) is 29.4 Å². The van der Waals surface area contributed by atoms with Gasteiger partial charge >= 0.3 is 6.18 Å². The fourth-order valence-corrected chi connectivity index (χ4v) is 4.06. The Labute approximate surface area is 176 Å². The van der Waals surface area contributed by atoms with Gasteiger partial charge in [0.05, 0.1) is 39.8 Å². The standard InChI is InChI=1S/C19H20F3N5O3S/c1-5-16(28)26(3)11-7-14(31(29,30)6-2)17(24-9-11)18-25-12-8-15(19(20,21)22)23-10-13(12)27(18)4/h7-10H,5-6H2,1-4H3. The van der Waals surface area contributed by atoms with Gasteiger partial charge in [-0.3, -0.25) is 4.79 Å². The summed E-state index contributed by atoms with van der Waals surface area (Å²) in [5.74, 6) is -0.401. The normalized spacial score (nSPS) is 12.4. The van der Waals surface area contributed by atoms with Crippen molar-refractivity contribution in [2.24, 2.45) is 7.05 Å². The minimum atomic E-state index is -4.64. The fraction of sp³-hybridized carbons (Fsp3) is 0.368. The average Bonchev–Trinajstić information content (AvgIpc) is 3.07. The molecule has 3 heterocycles. The van der Waals surface area contributed by atoms with E-state index in [0.29, 0.717) is 0 Å². The first-order valence-electron chi connectivity index (χ1n) is 9.30. The van der Waals surface area contributed by atoms with Crippen LogP contribution < -0.4 is 4.90 Å². The van der Waals surface area contributed by atoms with Gasteiger partial charge in [0.25, 0.3) is 0 Å². The van der Waals surface area contributed by atoms with E-state index in [1.54, 1.807) is 6.92 Å². The molecule has 0 saturated carbocycles. The predicted molar refractivity (Wildman–Crippen MR) is 108 cm³/mol. The lowest BCUT2D eigenvalue weighted by atomic mass is 10.3. The Kier molecular flexibility index (Phi) is 5.78. The van der Waals surface area contributed by atoms with Crippen LogP contribution in [-0.2, 0) is 27.9 Å². The van der Waals surface area contributed by atoms with Gasteiger partial charge in [-0.25, -0.2) is 23.4 Å². The first kappa shape index (κ1) is 22.7. The van der Waals surface area contributed by atoms with Crippen LogP contribution in [0.4, 0.5) is 18.9 Å². The highest BCUT2D eigenvalue weighted by molar-refractivity contribution is 7.91. The first-order valence-corrected chi connectivity index (χ1v) is 10.9. The number of carbonyl (C=O) groups excluding carboxylic acids is 1. The van der Waals surface area contributed by atoms with E-state index in [9.17, 15) is 26.4 Å². The third-order valence-corrected chi connectivity index (χ3v) is 6.63. The molecule has 0 fully saturated rings. The van der Waals surface area contributed by atoms with Crippen molar-refractivity contribution in [3.63, 3.8) is 0 Å². The number of pyridine rings is 2. The number of nitrogens with zero attached hydrogens (tertiary/aromatic N) is 5. The number of carbonyl (C=O) groups is 1. The van der Waals surface area contributed by atoms with Crippen LogP contribution in [0.2, 0.25) is 0 Å². The first-order chi connectivity index (χ1) is 14.4. The zero-order valence-electron chi connectivity index (χ0n) is 17.2. The zero-order chi connectivity index (χ0) is 23.1. The Morgan fingerprint density at radius 1 is 1.16 bits per heavy atom. The van der Waals surface area contributed by atoms with Crippen molar-refractivity contribution < 1.29 is 26.4 Å². The van der Waals surface area contributed by atoms with Gasteiger partial charge in [-0.15, -0.1) is 0 Å². The molecule has 0 unspecified atom stereocenters. The van der Waals surface area contributed by atoms with Crippen molar-refractivity contribution >= 4 is 32.5 Å². The third kappa shape index (κ3) is 4.11. The maximum Gasteiger partial charge on any atom is 0.433 e. The molecule has 0 bridgehead atoms. The molecule has 3 aromatic heterocycles. The van der Waals surface area contributed by atoms with Gasteiger partial charge in [-0.05, 0) is 12.1 Å². The average molecular weight is 455 g/mol. The summed E-state index contributed by atoms with van der Waals surface area (Å²) >= 11 is 0. The Hall–Kier alpha value is -3.02. The third-order valence-electron chi connectivity index (χ3n) is 4.89. The number of hydrogen-bond donors (Lipinski definition) is 0. The SMILES string of the molecule is CCC(=O)N(C)c1cnc(-c2nc3cc(C(F)(F)F)ncc3n2C)c(S(=O)(=O)CC)c1. The Bertz CT molecular complexity index is 1270. The number of anilines is 1. The molecular formula is C19H20F3N5O3S. The van der Waals surface area contributed by atoms with Crippen LogP contribution >= 0.6 is 0 Å². The Morgan fingerprint density at radius 2 is 1.84 bits per heavy atom. The summed E-state index contributed by atoms with van der Waals surface area (Å²) in [6, 6.07) is 2.13. The lowest BCUT2D eigenvalue weighted by Crippen LogP contribution is -2.25. The number of hydrogen-bond acceptors (Lipinski definition) is 6. The topological polar surface area (TPSA) is 98.1 Å². The molecule has 0 aliphatic heterocycles. The summed E-state index contributed by atoms with van der Waals surface area (Å²) in [5, 5.41) is 0. The van der Waals surface area contributed by atoms with Gasteiger partial charge in [0.1, 0.15) is 11.4 Å². The number of aromatic nitrogens is 4. The van der Waals surface area contributed by atoms with E-state index in [1.165, 1.54) is 42.7 Å². The molecule has 0 N–H and O–H groups in total. The largest absolute Gasteiger partial charge is 0.433 e. The van der Waals surface area contributed by atoms with Gasteiger partial charge in [0.2, 0.25) is 5.91 Å². The van der Waals surface area contributed by atoms with Crippen molar-refractivity contribution in [1.29, 1.82) is 0 Å². The highest BCUT2D eigenvalue weighted by Crippen LogP contribution is 2.33. The number of aryl methyl sites for hydroxylation is 1. The summed E-state index contributed by atoms with van der Waals surface area (Å²) < 4.78 is 66.0. The molecule has 0 atom stereocenters. The molecule has 166 valence electrons. The lowest BCUT2D eigenvalue weighted by molar-refractivity contribution is -0.141. The van der Waals surface area contributed by atoms with Crippen LogP contribution in [0, 0.1) is 0 Å². The number of alkyl halides is 3. The van der Waals surface area contributed by atoms with Crippen molar-refractivity contribution in [2.45, 2.75) is 31.3 Å². The van der Waals surface area contributed by atoms with Crippen molar-refractivity contribution in [2.75, 3.05) is 17.7 Å². The molecule has 12 heteroatoms. The molecule has 0 saturated heterocycles. The van der Waals surface area contributed by atoms with Crippen molar-refractivity contribution in [3.05, 3.63) is 30.2 Å². The van der Waals surface area contributed by atoms with Gasteiger partial charge in [-0.2, -0.15) is 13.2 Å². The molecular weight excluding hydrogens is 435 g/mol. The number of fused-ring (bicyclic) bond motifs is 1. The van der Waals surface area contributed by atoms with Crippen LogP contribution in [0.1, 0.15) is 26.0 Å². The zero-order valence-corrected chi connectivity index (χ0v) is 18.0. The molecule has 1 amide bonds. The van der Waals surface area contributed by atoms with Crippen molar-refractivity contribution in [3.8, 4) is 11.5 Å². The van der Waals surface area contributed by atoms with E-state index >= 15 is 0 Å². The number of sulfone groups is 1. The smallest absolute Gasteiger partial charge is 0.324 e. The summed E-state index contributed by atoms with van der Waals surface area (Å²) in [7, 11) is -0.764. The van der Waals surface area contributed by atoms with E-state index in [-0.39, 0.29) is 51.2 Å². The maximum absolute atomic E-state index is 13.0. The van der Waals surface area contributed by atoms with E-state index in [1.807, 2.05) is 0 Å². The minimum absolute atomic E-state index is 0.00354. The molecule has 31 heavy (non-hydrogen) atoms. The second-order valence-electron chi connectivity index (χ2n) is 6.80. The monoisotopic (exact) mass is 455 g/mol. The lowest BCUT2D eigenvalue weighted by Gasteiger charge is -2.18. The second kappa shape index (κ2) is 7.91. The second-order valence-corrected chi connectivity index (χ2v) is 9.05. The maximum atomic E-state index is 13.0. The fourth-order valence-electron chi connectivity index (χ4n) is 3.01. The van der Waals surface area contributed by atoms with Crippen molar-refractivity contribution in [1.82, 2.24) is 19.5 Å². The van der Waals surface area contributed by atoms with Crippen LogP contribution in [-0.4, -0.2) is 46.6 Å². The molecule has 3 aromatic rings. The van der Waals surface area contributed by atoms with E-state index in [4.69, 9.17) is 0 Å². The van der Waals surface area contributed by atoms with Crippen LogP contribution in [0.25, 0.3) is 22.6 Å². The minimum Gasteiger partial charge on any atom is -0.324 e. The number of amides is 1. The van der Waals surface area contributed by atoms with E-state index in [2.05, 4.69) is 15.0 Å². The molecule has 0 aliphatic carbocycles. The van der Waals surface area contributed by atoms with Gasteiger partial charge in [0, 0.05) is 20.5 Å². The van der Waals surface area contributed by atoms with Gasteiger partial charge in [0.15, 0.2) is 15.7 Å². The highest BCUT2D eigenvalue weighted by Gasteiger charge is 2.33. The van der Waals surface area contributed by atoms with Crippen LogP contribution in [0.3, 0.4) is 0 Å². The summed E-state index contributed by atoms with van der Waals surface area (Å²) in [6.07, 6.45) is -2.06. The highest BCUT2D eigenvalue weighted by atomic mass is 32.2. The Morgan fingerprint density at radius 3 is 2.42 bits per heavy atom. The summed E-state index contributed by atoms with van der Waals surface area (Å²) in [4.78, 5) is 25.0. The van der Waals surface area contributed by atoms with Gasteiger partial charge in [-0.1, -0.05) is 13.8 Å². The molecule has 0 spiro atoms. The Balaban J connectivity index is 2.25. The van der Waals surface area contributed by atoms with E-state index in [0.717, 1.165) is 12.3 Å². The van der Waals surface area contributed by atoms with E-state index < -0.39 is 21.7 Å². The number of halogens is 3.